The van der Waals surface area contributed by atoms with Gasteiger partial charge in [-0.3, -0.25) is 14.2 Å². The van der Waals surface area contributed by atoms with Crippen molar-refractivity contribution in [2.75, 3.05) is 6.61 Å². The molecular formula is C19H20ClNO8S. The van der Waals surface area contributed by atoms with Gasteiger partial charge in [-0.2, -0.15) is 8.42 Å². The molecule has 2 aromatic carbocycles. The van der Waals surface area contributed by atoms with Gasteiger partial charge < -0.3 is 9.29 Å². The minimum absolute atomic E-state index is 0.00687. The second-order valence-corrected chi connectivity index (χ2v) is 8.33. The molecule has 1 aliphatic heterocycles. The monoisotopic (exact) mass is 457 g/mol. The summed E-state index contributed by atoms with van der Waals surface area (Å²) in [5.41, 5.74) is 0.127. The van der Waals surface area contributed by atoms with Crippen LogP contribution in [0.15, 0.2) is 48.5 Å². The number of halogens is 1. The standard InChI is InChI=1S/C12H14ClNO2.C7H6O6S/c1-12(2)8-16-14(11(12)15)7-9-5-3-4-6-10(9)13;8-7(9)5-3-1-2-4-6(5)13-14(10,11)12/h3-6H,7-8H2,1-2H3;1-4H,(H,8,9)(H,10,11,12). The fraction of sp³-hybridized carbons (Fsp3) is 0.263. The Morgan fingerprint density at radius 3 is 2.33 bits per heavy atom. The molecule has 0 saturated carbocycles. The summed E-state index contributed by atoms with van der Waals surface area (Å²) in [6.45, 7) is 4.59. The number of hydrogen-bond donors (Lipinski definition) is 2. The Labute approximate surface area is 178 Å². The van der Waals surface area contributed by atoms with Gasteiger partial charge >= 0.3 is 16.4 Å². The molecule has 2 aromatic rings. The van der Waals surface area contributed by atoms with Crippen LogP contribution in [0, 0.1) is 5.41 Å². The maximum Gasteiger partial charge on any atom is 0.446 e. The molecule has 162 valence electrons. The summed E-state index contributed by atoms with van der Waals surface area (Å²) in [5.74, 6) is -1.76. The maximum atomic E-state index is 11.9. The molecule has 0 unspecified atom stereocenters. The summed E-state index contributed by atoms with van der Waals surface area (Å²) in [6, 6.07) is 12.5. The Morgan fingerprint density at radius 1 is 1.20 bits per heavy atom. The third-order valence-electron chi connectivity index (χ3n) is 3.97. The van der Waals surface area contributed by atoms with Crippen molar-refractivity contribution in [3.63, 3.8) is 0 Å². The van der Waals surface area contributed by atoms with E-state index in [1.54, 1.807) is 0 Å². The van der Waals surface area contributed by atoms with Gasteiger partial charge in [-0.05, 0) is 37.6 Å². The highest BCUT2D eigenvalue weighted by molar-refractivity contribution is 7.81. The van der Waals surface area contributed by atoms with Gasteiger partial charge in [-0.15, -0.1) is 0 Å². The Kier molecular flexibility index (Phi) is 7.43. The first kappa shape index (κ1) is 23.6. The molecule has 11 heteroatoms. The van der Waals surface area contributed by atoms with Gasteiger partial charge in [0.05, 0.1) is 18.6 Å². The summed E-state index contributed by atoms with van der Waals surface area (Å²) in [5, 5.41) is 10.7. The van der Waals surface area contributed by atoms with Crippen molar-refractivity contribution in [2.45, 2.75) is 20.4 Å². The molecule has 2 N–H and O–H groups in total. The van der Waals surface area contributed by atoms with Crippen LogP contribution in [0.3, 0.4) is 0 Å². The van der Waals surface area contributed by atoms with E-state index in [-0.39, 0.29) is 11.5 Å². The lowest BCUT2D eigenvalue weighted by atomic mass is 9.95. The number of carboxylic acids is 1. The summed E-state index contributed by atoms with van der Waals surface area (Å²) in [7, 11) is -4.70. The number of carbonyl (C=O) groups excluding carboxylic acids is 1. The number of para-hydroxylation sites is 1. The van der Waals surface area contributed by atoms with Gasteiger partial charge in [-0.25, -0.2) is 9.86 Å². The van der Waals surface area contributed by atoms with Crippen molar-refractivity contribution in [2.24, 2.45) is 5.41 Å². The highest BCUT2D eigenvalue weighted by atomic mass is 35.5. The first-order chi connectivity index (χ1) is 13.9. The molecule has 1 aliphatic rings. The molecule has 9 nitrogen and oxygen atoms in total. The molecule has 1 saturated heterocycles. The molecule has 0 atom stereocenters. The van der Waals surface area contributed by atoms with Crippen LogP contribution in [-0.2, 0) is 26.6 Å². The number of hydrogen-bond acceptors (Lipinski definition) is 6. The number of carboxylic acid groups (broad SMARTS) is 1. The third-order valence-corrected chi connectivity index (χ3v) is 4.73. The zero-order chi connectivity index (χ0) is 22.5. The highest BCUT2D eigenvalue weighted by Gasteiger charge is 2.40. The van der Waals surface area contributed by atoms with Crippen molar-refractivity contribution in [3.8, 4) is 5.75 Å². The number of rotatable bonds is 5. The zero-order valence-corrected chi connectivity index (χ0v) is 17.7. The Morgan fingerprint density at radius 2 is 1.80 bits per heavy atom. The van der Waals surface area contributed by atoms with Gasteiger partial charge in [0.15, 0.2) is 5.75 Å². The topological polar surface area (TPSA) is 130 Å². The van der Waals surface area contributed by atoms with Crippen LogP contribution in [0.1, 0.15) is 29.8 Å². The van der Waals surface area contributed by atoms with Crippen LogP contribution >= 0.6 is 11.6 Å². The average Bonchev–Trinajstić information content (AvgIpc) is 2.90. The van der Waals surface area contributed by atoms with Crippen molar-refractivity contribution < 1.29 is 36.7 Å². The van der Waals surface area contributed by atoms with Gasteiger partial charge in [0.25, 0.3) is 5.91 Å². The van der Waals surface area contributed by atoms with E-state index in [1.807, 2.05) is 38.1 Å². The van der Waals surface area contributed by atoms with E-state index in [4.69, 9.17) is 26.1 Å². The second-order valence-electron chi connectivity index (χ2n) is 6.90. The van der Waals surface area contributed by atoms with Crippen LogP contribution in [0.25, 0.3) is 0 Å². The lowest BCUT2D eigenvalue weighted by Gasteiger charge is -2.16. The minimum atomic E-state index is -4.70. The van der Waals surface area contributed by atoms with Crippen molar-refractivity contribution in [3.05, 3.63) is 64.7 Å². The fourth-order valence-electron chi connectivity index (χ4n) is 2.43. The SMILES string of the molecule is CC1(C)CON(Cc2ccccc2Cl)C1=O.O=C(O)c1ccccc1OS(=O)(=O)O. The fourth-order valence-corrected chi connectivity index (χ4v) is 2.99. The van der Waals surface area contributed by atoms with E-state index in [1.165, 1.54) is 17.2 Å². The molecule has 1 heterocycles. The molecule has 0 aliphatic carbocycles. The average molecular weight is 458 g/mol. The van der Waals surface area contributed by atoms with Crippen LogP contribution in [0.5, 0.6) is 5.75 Å². The molecule has 1 amide bonds. The molecule has 0 spiro atoms. The Balaban J connectivity index is 0.000000216. The van der Waals surface area contributed by atoms with Crippen LogP contribution < -0.4 is 4.18 Å². The van der Waals surface area contributed by atoms with E-state index in [0.29, 0.717) is 18.2 Å². The highest BCUT2D eigenvalue weighted by Crippen LogP contribution is 2.29. The maximum absolute atomic E-state index is 11.9. The number of amides is 1. The molecule has 0 radical (unpaired) electrons. The summed E-state index contributed by atoms with van der Waals surface area (Å²) in [4.78, 5) is 27.8. The van der Waals surface area contributed by atoms with E-state index in [0.717, 1.165) is 17.7 Å². The number of carbonyl (C=O) groups is 2. The number of aromatic carboxylic acids is 1. The Hall–Kier alpha value is -2.66. The van der Waals surface area contributed by atoms with Crippen molar-refractivity contribution in [1.82, 2.24) is 5.06 Å². The van der Waals surface area contributed by atoms with E-state index in [2.05, 4.69) is 4.18 Å². The molecule has 0 aromatic heterocycles. The first-order valence-electron chi connectivity index (χ1n) is 8.58. The predicted octanol–water partition coefficient (Wildman–Crippen LogP) is 3.21. The second kappa shape index (κ2) is 9.43. The predicted molar refractivity (Wildman–Crippen MR) is 107 cm³/mol. The first-order valence-corrected chi connectivity index (χ1v) is 10.3. The molecule has 0 bridgehead atoms. The number of benzene rings is 2. The van der Waals surface area contributed by atoms with E-state index >= 15 is 0 Å². The third kappa shape index (κ3) is 6.42. The van der Waals surface area contributed by atoms with E-state index in [9.17, 15) is 18.0 Å². The normalized spacial score (nSPS) is 15.3. The molecule has 1 fully saturated rings. The van der Waals surface area contributed by atoms with Gasteiger partial charge in [0.1, 0.15) is 5.56 Å². The van der Waals surface area contributed by atoms with Crippen LogP contribution in [-0.4, -0.2) is 41.6 Å². The smallest absolute Gasteiger partial charge is 0.446 e. The largest absolute Gasteiger partial charge is 0.478 e. The van der Waals surface area contributed by atoms with Gasteiger partial charge in [0.2, 0.25) is 0 Å². The number of hydroxylamine groups is 2. The lowest BCUT2D eigenvalue weighted by Crippen LogP contribution is -2.30. The van der Waals surface area contributed by atoms with Crippen molar-refractivity contribution in [1.29, 1.82) is 0 Å². The molecule has 30 heavy (non-hydrogen) atoms. The zero-order valence-electron chi connectivity index (χ0n) is 16.1. The van der Waals surface area contributed by atoms with E-state index < -0.39 is 27.5 Å². The Bertz CT molecular complexity index is 1040. The van der Waals surface area contributed by atoms with Gasteiger partial charge in [0, 0.05) is 5.02 Å². The lowest BCUT2D eigenvalue weighted by molar-refractivity contribution is -0.165. The number of nitrogens with zero attached hydrogens (tertiary/aromatic N) is 1. The summed E-state index contributed by atoms with van der Waals surface area (Å²) < 4.78 is 33.0. The molecule has 3 rings (SSSR count). The minimum Gasteiger partial charge on any atom is -0.478 e. The van der Waals surface area contributed by atoms with Crippen LogP contribution in [0.2, 0.25) is 5.02 Å². The van der Waals surface area contributed by atoms with Crippen molar-refractivity contribution >= 4 is 33.9 Å². The summed E-state index contributed by atoms with van der Waals surface area (Å²) >= 11 is 6.03. The van der Waals surface area contributed by atoms with Gasteiger partial charge in [-0.1, -0.05) is 41.9 Å². The molecular weight excluding hydrogens is 438 g/mol. The quantitative estimate of drug-likeness (QED) is 0.654. The van der Waals surface area contributed by atoms with Crippen LogP contribution in [0.4, 0.5) is 0 Å². The summed E-state index contributed by atoms with van der Waals surface area (Å²) in [6.07, 6.45) is 0.